The maximum atomic E-state index is 12.5. The van der Waals surface area contributed by atoms with Crippen molar-refractivity contribution in [1.82, 2.24) is 5.32 Å². The van der Waals surface area contributed by atoms with E-state index in [4.69, 9.17) is 14.2 Å². The third kappa shape index (κ3) is 9.31. The van der Waals surface area contributed by atoms with Crippen molar-refractivity contribution in [3.05, 3.63) is 70.2 Å². The van der Waals surface area contributed by atoms with E-state index >= 15 is 0 Å². The average molecular weight is 492 g/mol. The van der Waals surface area contributed by atoms with E-state index in [1.54, 1.807) is 45.0 Å². The number of carbonyl (C=O) groups is 3. The summed E-state index contributed by atoms with van der Waals surface area (Å²) in [6.07, 6.45) is -0.781. The Morgan fingerprint density at radius 3 is 2.26 bits per heavy atom. The zero-order valence-corrected chi connectivity index (χ0v) is 19.3. The molecule has 1 N–H and O–H groups in total. The number of alkyl carbamates (subject to hydrolysis) is 1. The van der Waals surface area contributed by atoms with E-state index < -0.39 is 30.3 Å². The fourth-order valence-electron chi connectivity index (χ4n) is 2.44. The van der Waals surface area contributed by atoms with Gasteiger partial charge in [0.15, 0.2) is 18.4 Å². The van der Waals surface area contributed by atoms with Crippen LogP contribution in [0, 0.1) is 0 Å². The van der Waals surface area contributed by atoms with Gasteiger partial charge in [-0.2, -0.15) is 0 Å². The van der Waals surface area contributed by atoms with Gasteiger partial charge < -0.3 is 19.5 Å². The molecule has 166 valence electrons. The number of hydrogen-bond donors (Lipinski definition) is 1. The highest BCUT2D eigenvalue weighted by atomic mass is 79.9. The smallest absolute Gasteiger partial charge is 0.408 e. The van der Waals surface area contributed by atoms with Crippen LogP contribution < -0.4 is 5.32 Å². The molecule has 0 saturated carbocycles. The fraction of sp³-hybridized carbons (Fsp3) is 0.348. The molecule has 2 aromatic carbocycles. The Morgan fingerprint density at radius 2 is 1.65 bits per heavy atom. The maximum absolute atomic E-state index is 12.5. The lowest BCUT2D eigenvalue weighted by molar-refractivity contribution is -0.146. The fourth-order valence-corrected chi connectivity index (χ4v) is 2.71. The molecule has 0 aliphatic rings. The highest BCUT2D eigenvalue weighted by Crippen LogP contribution is 2.11. The molecule has 0 aliphatic carbocycles. The van der Waals surface area contributed by atoms with Crippen molar-refractivity contribution in [3.8, 4) is 0 Å². The molecular formula is C23H26BrNO6. The van der Waals surface area contributed by atoms with E-state index in [1.165, 1.54) is 0 Å². The summed E-state index contributed by atoms with van der Waals surface area (Å²) in [5.41, 5.74) is 0.589. The molecule has 0 saturated heterocycles. The van der Waals surface area contributed by atoms with Crippen LogP contribution in [0.1, 0.15) is 36.7 Å². The first-order valence-corrected chi connectivity index (χ1v) is 10.5. The number of nitrogens with one attached hydrogen (secondary N) is 1. The molecule has 7 nitrogen and oxygen atoms in total. The zero-order chi connectivity index (χ0) is 22.9. The van der Waals surface area contributed by atoms with Gasteiger partial charge in [0.2, 0.25) is 0 Å². The molecule has 31 heavy (non-hydrogen) atoms. The van der Waals surface area contributed by atoms with Crippen LogP contribution in [0.3, 0.4) is 0 Å². The Bertz CT molecular complexity index is 877. The van der Waals surface area contributed by atoms with E-state index in [1.807, 2.05) is 30.3 Å². The first kappa shape index (κ1) is 24.6. The summed E-state index contributed by atoms with van der Waals surface area (Å²) in [6.45, 7) is 4.79. The predicted octanol–water partition coefficient (Wildman–Crippen LogP) is 4.29. The Morgan fingerprint density at radius 1 is 1.00 bits per heavy atom. The molecule has 0 radical (unpaired) electrons. The Kier molecular flexibility index (Phi) is 9.21. The lowest BCUT2D eigenvalue weighted by Crippen LogP contribution is -2.47. The van der Waals surface area contributed by atoms with Gasteiger partial charge in [0.05, 0.1) is 13.2 Å². The second kappa shape index (κ2) is 11.6. The van der Waals surface area contributed by atoms with Crippen LogP contribution >= 0.6 is 15.9 Å². The number of ether oxygens (including phenoxy) is 3. The van der Waals surface area contributed by atoms with Gasteiger partial charge in [0.25, 0.3) is 0 Å². The minimum absolute atomic E-state index is 0.139. The summed E-state index contributed by atoms with van der Waals surface area (Å²) < 4.78 is 16.7. The highest BCUT2D eigenvalue weighted by molar-refractivity contribution is 9.10. The van der Waals surface area contributed by atoms with E-state index in [-0.39, 0.29) is 19.0 Å². The molecule has 0 aromatic heterocycles. The molecule has 0 bridgehead atoms. The van der Waals surface area contributed by atoms with Crippen molar-refractivity contribution >= 4 is 33.8 Å². The number of amides is 1. The normalized spacial score (nSPS) is 12.0. The van der Waals surface area contributed by atoms with E-state index in [9.17, 15) is 14.4 Å². The molecule has 0 heterocycles. The number of ketones is 1. The van der Waals surface area contributed by atoms with Crippen LogP contribution in [0.15, 0.2) is 59.1 Å². The molecule has 0 fully saturated rings. The Hall–Kier alpha value is -2.71. The molecule has 0 unspecified atom stereocenters. The van der Waals surface area contributed by atoms with Crippen molar-refractivity contribution in [1.29, 1.82) is 0 Å². The predicted molar refractivity (Wildman–Crippen MR) is 119 cm³/mol. The Labute approximate surface area is 190 Å². The highest BCUT2D eigenvalue weighted by Gasteiger charge is 2.26. The minimum atomic E-state index is -1.13. The van der Waals surface area contributed by atoms with Crippen LogP contribution in [-0.2, 0) is 25.6 Å². The van der Waals surface area contributed by atoms with Gasteiger partial charge >= 0.3 is 12.1 Å². The van der Waals surface area contributed by atoms with Gasteiger partial charge in [-0.05, 0) is 38.5 Å². The van der Waals surface area contributed by atoms with Gasteiger partial charge in [-0.25, -0.2) is 9.59 Å². The number of Topliss-reactive ketones (excluding diaryl/α,β-unsaturated/α-hetero) is 1. The molecule has 0 aliphatic heterocycles. The minimum Gasteiger partial charge on any atom is -0.456 e. The summed E-state index contributed by atoms with van der Waals surface area (Å²) >= 11 is 3.30. The molecule has 8 heteroatoms. The van der Waals surface area contributed by atoms with E-state index in [0.29, 0.717) is 5.56 Å². The van der Waals surface area contributed by atoms with Gasteiger partial charge in [-0.15, -0.1) is 0 Å². The van der Waals surface area contributed by atoms with Crippen molar-refractivity contribution in [2.45, 2.75) is 39.0 Å². The van der Waals surface area contributed by atoms with E-state index in [2.05, 4.69) is 21.2 Å². The van der Waals surface area contributed by atoms with Gasteiger partial charge in [0.1, 0.15) is 5.60 Å². The molecular weight excluding hydrogens is 466 g/mol. The standard InChI is InChI=1S/C23H26BrNO6/c1-23(2,3)31-22(28)25-19(14-29-13-16-7-5-4-6-8-16)21(27)30-15-20(26)17-9-11-18(24)12-10-17/h4-12,19H,13-15H2,1-3H3,(H,25,28)/t19-/m1/s1. The van der Waals surface area contributed by atoms with Crippen molar-refractivity contribution in [2.75, 3.05) is 13.2 Å². The lowest BCUT2D eigenvalue weighted by Gasteiger charge is -2.23. The Balaban J connectivity index is 1.95. The number of carbonyl (C=O) groups excluding carboxylic acids is 3. The third-order valence-corrected chi connectivity index (χ3v) is 4.41. The number of halogens is 1. The first-order valence-electron chi connectivity index (χ1n) is 9.70. The second-order valence-electron chi connectivity index (χ2n) is 7.74. The van der Waals surface area contributed by atoms with Crippen LogP contribution in [0.4, 0.5) is 4.79 Å². The molecule has 2 aromatic rings. The third-order valence-electron chi connectivity index (χ3n) is 3.88. The number of rotatable bonds is 9. The SMILES string of the molecule is CC(C)(C)OC(=O)N[C@H](COCc1ccccc1)C(=O)OCC(=O)c1ccc(Br)cc1. The summed E-state index contributed by atoms with van der Waals surface area (Å²) in [7, 11) is 0. The topological polar surface area (TPSA) is 90.9 Å². The van der Waals surface area contributed by atoms with Crippen LogP contribution in [0.25, 0.3) is 0 Å². The van der Waals surface area contributed by atoms with Crippen molar-refractivity contribution in [2.24, 2.45) is 0 Å². The zero-order valence-electron chi connectivity index (χ0n) is 17.7. The second-order valence-corrected chi connectivity index (χ2v) is 8.65. The van der Waals surface area contributed by atoms with Crippen LogP contribution in [0.5, 0.6) is 0 Å². The number of esters is 1. The summed E-state index contributed by atoms with van der Waals surface area (Å²) in [5.74, 6) is -1.15. The molecule has 1 atom stereocenters. The van der Waals surface area contributed by atoms with Crippen LogP contribution in [0.2, 0.25) is 0 Å². The van der Waals surface area contributed by atoms with Gasteiger partial charge in [-0.1, -0.05) is 58.4 Å². The van der Waals surface area contributed by atoms with Crippen molar-refractivity contribution in [3.63, 3.8) is 0 Å². The first-order chi connectivity index (χ1) is 14.6. The monoisotopic (exact) mass is 491 g/mol. The van der Waals surface area contributed by atoms with E-state index in [0.717, 1.165) is 10.0 Å². The van der Waals surface area contributed by atoms with Crippen LogP contribution in [-0.4, -0.2) is 42.7 Å². The maximum Gasteiger partial charge on any atom is 0.408 e. The molecule has 0 spiro atoms. The number of hydrogen-bond acceptors (Lipinski definition) is 6. The van der Waals surface area contributed by atoms with Gasteiger partial charge in [-0.3, -0.25) is 4.79 Å². The summed E-state index contributed by atoms with van der Waals surface area (Å²) in [4.78, 5) is 36.9. The summed E-state index contributed by atoms with van der Waals surface area (Å²) in [6, 6.07) is 15.0. The largest absolute Gasteiger partial charge is 0.456 e. The molecule has 1 amide bonds. The lowest BCUT2D eigenvalue weighted by atomic mass is 10.1. The van der Waals surface area contributed by atoms with Crippen molar-refractivity contribution < 1.29 is 28.6 Å². The average Bonchev–Trinajstić information content (AvgIpc) is 2.71. The van der Waals surface area contributed by atoms with Gasteiger partial charge in [0, 0.05) is 10.0 Å². The molecule has 2 rings (SSSR count). The summed E-state index contributed by atoms with van der Waals surface area (Å²) in [5, 5.41) is 2.45. The quantitative estimate of drug-likeness (QED) is 0.415. The number of benzene rings is 2.